The first kappa shape index (κ1) is 49.3. The number of anilines is 4. The van der Waals surface area contributed by atoms with Crippen molar-refractivity contribution < 1.29 is 47.0 Å². The van der Waals surface area contributed by atoms with Gasteiger partial charge in [0.05, 0.1) is 65.1 Å². The third-order valence-corrected chi connectivity index (χ3v) is 10.7. The molecule has 0 fully saturated rings. The van der Waals surface area contributed by atoms with Crippen LogP contribution >= 0.6 is 100 Å². The highest BCUT2D eigenvalue weighted by molar-refractivity contribution is 14.1. The maximum atomic E-state index is 14.6. The molecular weight excluding hydrogens is 1160 g/mol. The summed E-state index contributed by atoms with van der Waals surface area (Å²) in [7, 11) is 0. The molecule has 4 rings (SSSR count). The van der Waals surface area contributed by atoms with E-state index in [1.165, 1.54) is 0 Å². The van der Waals surface area contributed by atoms with Gasteiger partial charge in [0.25, 0.3) is 11.8 Å². The Morgan fingerprint density at radius 3 is 1.47 bits per heavy atom. The highest BCUT2D eigenvalue weighted by atomic mass is 127. The van der Waals surface area contributed by atoms with Crippen molar-refractivity contribution in [2.75, 3.05) is 23.8 Å². The molecule has 6 N–H and O–H groups in total. The molecular formula is C37H36Br2Cl2F4I2N4O6. The highest BCUT2D eigenvalue weighted by Gasteiger charge is 2.25. The van der Waals surface area contributed by atoms with Crippen LogP contribution < -0.4 is 21.6 Å². The Kier molecular flexibility index (Phi) is 20.0. The van der Waals surface area contributed by atoms with Crippen LogP contribution in [0.4, 0.5) is 40.3 Å². The van der Waals surface area contributed by atoms with E-state index in [0.717, 1.165) is 19.3 Å². The summed E-state index contributed by atoms with van der Waals surface area (Å²) in [5.74, 6) is -6.27. The highest BCUT2D eigenvalue weighted by Crippen LogP contribution is 2.36. The molecule has 0 spiro atoms. The van der Waals surface area contributed by atoms with E-state index in [4.69, 9.17) is 32.9 Å². The van der Waals surface area contributed by atoms with Crippen molar-refractivity contribution >= 4 is 135 Å². The zero-order valence-corrected chi connectivity index (χ0v) is 39.4. The van der Waals surface area contributed by atoms with Crippen LogP contribution in [-0.2, 0) is 9.68 Å². The van der Waals surface area contributed by atoms with E-state index in [1.807, 2.05) is 13.8 Å². The van der Waals surface area contributed by atoms with E-state index in [9.17, 15) is 37.4 Å². The van der Waals surface area contributed by atoms with Gasteiger partial charge in [-0.3, -0.25) is 19.3 Å². The maximum absolute atomic E-state index is 14.6. The second kappa shape index (κ2) is 23.1. The number of benzene rings is 4. The predicted molar refractivity (Wildman–Crippen MR) is 236 cm³/mol. The molecule has 0 saturated carbocycles. The summed E-state index contributed by atoms with van der Waals surface area (Å²) < 4.78 is 58.6. The first-order chi connectivity index (χ1) is 26.7. The van der Waals surface area contributed by atoms with E-state index in [0.29, 0.717) is 17.8 Å². The second-order valence-electron chi connectivity index (χ2n) is 12.9. The average Bonchev–Trinajstić information content (AvgIpc) is 3.13. The minimum atomic E-state index is -1.25. The number of halogens is 10. The summed E-state index contributed by atoms with van der Waals surface area (Å²) in [5, 5.41) is 25.4. The van der Waals surface area contributed by atoms with Gasteiger partial charge in [0.2, 0.25) is 0 Å². The number of aliphatic hydroxyl groups excluding tert-OH is 2. The van der Waals surface area contributed by atoms with Crippen molar-refractivity contribution in [1.29, 1.82) is 0 Å². The summed E-state index contributed by atoms with van der Waals surface area (Å²) in [6.07, 6.45) is -1.07. The number of amides is 2. The van der Waals surface area contributed by atoms with Crippen molar-refractivity contribution in [1.82, 2.24) is 11.0 Å². The smallest absolute Gasteiger partial charge is 0.277 e. The number of carbonyl (C=O) groups excluding carboxylic acids is 2. The lowest BCUT2D eigenvalue weighted by molar-refractivity contribution is -0.0268. The van der Waals surface area contributed by atoms with E-state index in [1.54, 1.807) is 50.2 Å². The molecule has 0 aromatic heterocycles. The number of carbonyl (C=O) groups is 2. The minimum Gasteiger partial charge on any atom is -0.391 e. The molecule has 0 aliphatic rings. The standard InChI is InChI=1S/C19H19BrClF2IN2O3.C18H17BrClF2IN2O3/c1-9(2)5-11(27)8-29-26-19(28)12-7-13(20)16(22)17(23)18(12)25-15-4-3-10(24)6-14(15)21;1-8(2)14(26)7-28-25-18(27)10-6-11(19)15(21)16(22)17(10)24-13-4-3-9(23)5-12(13)20/h3-4,6-7,9,11,25,27H,5,8H2,1-2H3,(H,26,28);3-6,8,14,24,26H,7H2,1-2H3,(H,25,27). The van der Waals surface area contributed by atoms with Crippen LogP contribution in [0.25, 0.3) is 0 Å². The molecule has 2 amide bonds. The Morgan fingerprint density at radius 2 is 1.11 bits per heavy atom. The van der Waals surface area contributed by atoms with Gasteiger partial charge < -0.3 is 20.8 Å². The molecule has 4 aromatic carbocycles. The van der Waals surface area contributed by atoms with Gasteiger partial charge in [0, 0.05) is 7.14 Å². The lowest BCUT2D eigenvalue weighted by atomic mass is 10.1. The van der Waals surface area contributed by atoms with Crippen molar-refractivity contribution in [3.8, 4) is 0 Å². The quantitative estimate of drug-likeness (QED) is 0.0299. The zero-order chi connectivity index (χ0) is 42.7. The fourth-order valence-electron chi connectivity index (χ4n) is 4.55. The third kappa shape index (κ3) is 14.6. The molecule has 310 valence electrons. The molecule has 10 nitrogen and oxygen atoms in total. The molecule has 20 heteroatoms. The molecule has 2 atom stereocenters. The molecule has 0 bridgehead atoms. The van der Waals surface area contributed by atoms with Crippen LogP contribution in [-0.4, -0.2) is 47.4 Å². The number of hydrogen-bond acceptors (Lipinski definition) is 8. The largest absolute Gasteiger partial charge is 0.391 e. The average molecular weight is 1190 g/mol. The van der Waals surface area contributed by atoms with Crippen LogP contribution in [0.1, 0.15) is 54.8 Å². The normalized spacial score (nSPS) is 12.2. The fourth-order valence-corrected chi connectivity index (χ4v) is 7.17. The zero-order valence-electron chi connectivity index (χ0n) is 30.4. The van der Waals surface area contributed by atoms with E-state index >= 15 is 0 Å². The lowest BCUT2D eigenvalue weighted by Gasteiger charge is -2.17. The SMILES string of the molecule is CC(C)C(O)CONC(=O)c1cc(Br)c(F)c(F)c1Nc1ccc(I)cc1Cl.CC(C)CC(O)CONC(=O)c1cc(Br)c(F)c(F)c1Nc1ccc(I)cc1Cl. The topological polar surface area (TPSA) is 141 Å². The number of aliphatic hydroxyl groups is 2. The van der Waals surface area contributed by atoms with Crippen LogP contribution in [0.2, 0.25) is 10.0 Å². The summed E-state index contributed by atoms with van der Waals surface area (Å²) >= 11 is 22.2. The predicted octanol–water partition coefficient (Wildman–Crippen LogP) is 11.2. The van der Waals surface area contributed by atoms with E-state index in [-0.39, 0.29) is 55.2 Å². The summed E-state index contributed by atoms with van der Waals surface area (Å²) in [4.78, 5) is 35.0. The van der Waals surface area contributed by atoms with Gasteiger partial charge in [-0.05, 0) is 144 Å². The van der Waals surface area contributed by atoms with Gasteiger partial charge in [-0.15, -0.1) is 0 Å². The number of hydrogen-bond donors (Lipinski definition) is 6. The maximum Gasteiger partial charge on any atom is 0.277 e. The first-order valence-electron chi connectivity index (χ1n) is 16.7. The molecule has 57 heavy (non-hydrogen) atoms. The van der Waals surface area contributed by atoms with Gasteiger partial charge >= 0.3 is 0 Å². The second-order valence-corrected chi connectivity index (χ2v) is 17.9. The van der Waals surface area contributed by atoms with E-state index in [2.05, 4.69) is 98.6 Å². The van der Waals surface area contributed by atoms with Crippen LogP contribution in [0.5, 0.6) is 0 Å². The van der Waals surface area contributed by atoms with Crippen LogP contribution in [0, 0.1) is 42.2 Å². The van der Waals surface area contributed by atoms with Crippen LogP contribution in [0.15, 0.2) is 57.5 Å². The molecule has 0 aliphatic heterocycles. The van der Waals surface area contributed by atoms with Crippen LogP contribution in [0.3, 0.4) is 0 Å². The Labute approximate surface area is 380 Å². The Balaban J connectivity index is 0.000000306. The Hall–Kier alpha value is -2.02. The van der Waals surface area contributed by atoms with Gasteiger partial charge in [0.1, 0.15) is 13.2 Å². The molecule has 0 aliphatic carbocycles. The van der Waals surface area contributed by atoms with Crippen molar-refractivity contribution in [3.05, 3.63) is 109 Å². The summed E-state index contributed by atoms with van der Waals surface area (Å²) in [6.45, 7) is 7.16. The van der Waals surface area contributed by atoms with Gasteiger partial charge in [-0.2, -0.15) is 0 Å². The summed E-state index contributed by atoms with van der Waals surface area (Å²) in [6, 6.07) is 12.1. The van der Waals surface area contributed by atoms with Gasteiger partial charge in [-0.1, -0.05) is 50.9 Å². The molecule has 0 saturated heterocycles. The van der Waals surface area contributed by atoms with Crippen molar-refractivity contribution in [3.63, 3.8) is 0 Å². The Bertz CT molecular complexity index is 2080. The third-order valence-electron chi connectivity index (χ3n) is 7.57. The lowest BCUT2D eigenvalue weighted by Crippen LogP contribution is -2.31. The van der Waals surface area contributed by atoms with Gasteiger partial charge in [0.15, 0.2) is 23.3 Å². The van der Waals surface area contributed by atoms with Gasteiger partial charge in [-0.25, -0.2) is 28.5 Å². The fraction of sp³-hybridized carbons (Fsp3) is 0.297. The van der Waals surface area contributed by atoms with E-state index < -0.39 is 58.7 Å². The number of rotatable bonds is 15. The minimum absolute atomic E-state index is 0.0745. The Morgan fingerprint density at radius 1 is 0.702 bits per heavy atom. The molecule has 2 unspecified atom stereocenters. The van der Waals surface area contributed by atoms with Crippen molar-refractivity contribution in [2.24, 2.45) is 11.8 Å². The molecule has 4 aromatic rings. The summed E-state index contributed by atoms with van der Waals surface area (Å²) in [5.41, 5.74) is 3.67. The molecule has 0 heterocycles. The monoisotopic (exact) mass is 1190 g/mol. The number of hydroxylamine groups is 2. The number of nitrogens with one attached hydrogen (secondary N) is 4. The first-order valence-corrected chi connectivity index (χ1v) is 21.2. The molecule has 0 radical (unpaired) electrons. The van der Waals surface area contributed by atoms with Crippen molar-refractivity contribution in [2.45, 2.75) is 46.3 Å².